The zero-order chi connectivity index (χ0) is 22.0. The van der Waals surface area contributed by atoms with Crippen molar-refractivity contribution in [3.8, 4) is 10.4 Å². The number of aryl methyl sites for hydroxylation is 2. The molecule has 0 aliphatic heterocycles. The van der Waals surface area contributed by atoms with Gasteiger partial charge < -0.3 is 15.5 Å². The van der Waals surface area contributed by atoms with E-state index >= 15 is 0 Å². The van der Waals surface area contributed by atoms with Gasteiger partial charge >= 0.3 is 5.97 Å². The number of aliphatic carboxylic acids is 1. The summed E-state index contributed by atoms with van der Waals surface area (Å²) >= 11 is 1.50. The molecule has 1 saturated carbocycles. The van der Waals surface area contributed by atoms with Crippen LogP contribution in [0.3, 0.4) is 0 Å². The van der Waals surface area contributed by atoms with Gasteiger partial charge in [0.25, 0.3) is 0 Å². The molecule has 0 unspecified atom stereocenters. The average molecular weight is 439 g/mol. The summed E-state index contributed by atoms with van der Waals surface area (Å²) in [5.74, 6) is -0.0904. The quantitative estimate of drug-likeness (QED) is 0.507. The maximum Gasteiger partial charge on any atom is 0.303 e. The van der Waals surface area contributed by atoms with Crippen LogP contribution in [-0.2, 0) is 10.4 Å². The Labute approximate surface area is 185 Å². The van der Waals surface area contributed by atoms with Crippen molar-refractivity contribution in [2.45, 2.75) is 51.6 Å². The van der Waals surface area contributed by atoms with Crippen LogP contribution < -0.4 is 5.32 Å². The molecule has 2 heterocycles. The first-order valence-corrected chi connectivity index (χ1v) is 11.2. The van der Waals surface area contributed by atoms with Gasteiger partial charge in [0.15, 0.2) is 0 Å². The molecular weight excluding hydrogens is 412 g/mol. The SMILES string of the molecule is Cc1cc(Nc2nccc(C)n2)cc(-c2cnc([C@]3(O)CC[C@H](CC(=O)O)CC3)s2)c1. The monoisotopic (exact) mass is 438 g/mol. The number of carboxylic acid groups (broad SMARTS) is 1. The number of aliphatic hydroxyl groups is 1. The van der Waals surface area contributed by atoms with E-state index in [1.165, 1.54) is 11.3 Å². The number of hydrogen-bond acceptors (Lipinski definition) is 7. The van der Waals surface area contributed by atoms with E-state index < -0.39 is 11.6 Å². The molecule has 0 saturated heterocycles. The lowest BCUT2D eigenvalue weighted by atomic mass is 9.78. The zero-order valence-electron chi connectivity index (χ0n) is 17.6. The number of nitrogens with one attached hydrogen (secondary N) is 1. The topological polar surface area (TPSA) is 108 Å². The van der Waals surface area contributed by atoms with E-state index in [9.17, 15) is 9.90 Å². The first-order chi connectivity index (χ1) is 14.8. The van der Waals surface area contributed by atoms with Gasteiger partial charge in [0.1, 0.15) is 10.6 Å². The number of hydrogen-bond donors (Lipinski definition) is 3. The molecule has 2 aromatic heterocycles. The molecule has 8 heteroatoms. The summed E-state index contributed by atoms with van der Waals surface area (Å²) in [5.41, 5.74) is 2.92. The van der Waals surface area contributed by atoms with Crippen molar-refractivity contribution in [1.29, 1.82) is 0 Å². The normalized spacial score (nSPS) is 21.1. The van der Waals surface area contributed by atoms with E-state index in [1.807, 2.05) is 38.2 Å². The van der Waals surface area contributed by atoms with Gasteiger partial charge in [0, 0.05) is 30.2 Å². The number of benzene rings is 1. The van der Waals surface area contributed by atoms with Crippen LogP contribution in [0.4, 0.5) is 11.6 Å². The second kappa shape index (κ2) is 8.72. The number of carboxylic acids is 1. The van der Waals surface area contributed by atoms with Gasteiger partial charge in [0.05, 0.1) is 4.88 Å². The fraction of sp³-hybridized carbons (Fsp3) is 0.391. The third-order valence-electron chi connectivity index (χ3n) is 5.71. The third kappa shape index (κ3) is 5.08. The maximum atomic E-state index is 11.2. The number of nitrogens with zero attached hydrogens (tertiary/aromatic N) is 3. The lowest BCUT2D eigenvalue weighted by Crippen LogP contribution is -2.32. The van der Waals surface area contributed by atoms with E-state index in [2.05, 4.69) is 26.3 Å². The van der Waals surface area contributed by atoms with Gasteiger partial charge in [-0.3, -0.25) is 4.79 Å². The van der Waals surface area contributed by atoms with Crippen molar-refractivity contribution in [3.63, 3.8) is 0 Å². The lowest BCUT2D eigenvalue weighted by Gasteiger charge is -2.34. The smallest absolute Gasteiger partial charge is 0.303 e. The van der Waals surface area contributed by atoms with Crippen LogP contribution in [0, 0.1) is 19.8 Å². The molecule has 1 aliphatic rings. The lowest BCUT2D eigenvalue weighted by molar-refractivity contribution is -0.139. The highest BCUT2D eigenvalue weighted by Gasteiger charge is 2.37. The maximum absolute atomic E-state index is 11.2. The van der Waals surface area contributed by atoms with Crippen LogP contribution >= 0.6 is 11.3 Å². The van der Waals surface area contributed by atoms with E-state index in [1.54, 1.807) is 6.20 Å². The predicted octanol–water partition coefficient (Wildman–Crippen LogP) is 4.81. The van der Waals surface area contributed by atoms with Crippen molar-refractivity contribution in [2.24, 2.45) is 5.92 Å². The molecule has 31 heavy (non-hydrogen) atoms. The van der Waals surface area contributed by atoms with Gasteiger partial charge in [0.2, 0.25) is 5.95 Å². The first kappa shape index (κ1) is 21.4. The van der Waals surface area contributed by atoms with Gasteiger partial charge in [-0.1, -0.05) is 6.07 Å². The summed E-state index contributed by atoms with van der Waals surface area (Å²) in [6.45, 7) is 3.96. The Kier molecular flexibility index (Phi) is 6.02. The van der Waals surface area contributed by atoms with E-state index in [0.29, 0.717) is 36.6 Å². The predicted molar refractivity (Wildman–Crippen MR) is 120 cm³/mol. The van der Waals surface area contributed by atoms with Crippen LogP contribution in [-0.4, -0.2) is 31.1 Å². The number of thiazole rings is 1. The standard InChI is InChI=1S/C23H26N4O3S/c1-14-9-17(12-18(10-14)27-22-24-8-5-15(2)26-22)19-13-25-21(31-19)23(30)6-3-16(4-7-23)11-20(28)29/h5,8-10,12-13,16,30H,3-4,6-7,11H2,1-2H3,(H,28,29)(H,24,26,27)/t16-,23-. The number of anilines is 2. The van der Waals surface area contributed by atoms with Gasteiger partial charge in [-0.15, -0.1) is 11.3 Å². The number of aromatic nitrogens is 3. The summed E-state index contributed by atoms with van der Waals surface area (Å²) in [6, 6.07) is 8.01. The zero-order valence-corrected chi connectivity index (χ0v) is 18.4. The van der Waals surface area contributed by atoms with Crippen LogP contribution in [0.1, 0.15) is 48.4 Å². The van der Waals surface area contributed by atoms with Crippen molar-refractivity contribution in [3.05, 3.63) is 52.9 Å². The molecule has 3 aromatic rings. The number of rotatable bonds is 6. The van der Waals surface area contributed by atoms with Gasteiger partial charge in [-0.05, 0) is 74.8 Å². The Hall–Kier alpha value is -2.84. The highest BCUT2D eigenvalue weighted by atomic mass is 32.1. The van der Waals surface area contributed by atoms with Crippen molar-refractivity contribution in [1.82, 2.24) is 15.0 Å². The van der Waals surface area contributed by atoms with E-state index in [-0.39, 0.29) is 12.3 Å². The van der Waals surface area contributed by atoms with E-state index in [4.69, 9.17) is 5.11 Å². The molecule has 3 N–H and O–H groups in total. The molecule has 0 bridgehead atoms. The largest absolute Gasteiger partial charge is 0.481 e. The molecule has 1 fully saturated rings. The molecule has 0 radical (unpaired) electrons. The summed E-state index contributed by atoms with van der Waals surface area (Å²) in [4.78, 5) is 25.1. The first-order valence-electron chi connectivity index (χ1n) is 10.4. The van der Waals surface area contributed by atoms with Crippen LogP contribution in [0.25, 0.3) is 10.4 Å². The van der Waals surface area contributed by atoms with Gasteiger partial charge in [-0.2, -0.15) is 0 Å². The van der Waals surface area contributed by atoms with Crippen molar-refractivity contribution in [2.75, 3.05) is 5.32 Å². The molecular formula is C23H26N4O3S. The summed E-state index contributed by atoms with van der Waals surface area (Å²) in [6.07, 6.45) is 6.19. The average Bonchev–Trinajstić information content (AvgIpc) is 3.20. The van der Waals surface area contributed by atoms with Crippen molar-refractivity contribution >= 4 is 28.9 Å². The summed E-state index contributed by atoms with van der Waals surface area (Å²) < 4.78 is 0. The third-order valence-corrected chi connectivity index (χ3v) is 6.95. The number of carbonyl (C=O) groups is 1. The minimum absolute atomic E-state index is 0.131. The van der Waals surface area contributed by atoms with Crippen molar-refractivity contribution < 1.29 is 15.0 Å². The van der Waals surface area contributed by atoms with Crippen LogP contribution in [0.2, 0.25) is 0 Å². The molecule has 1 aliphatic carbocycles. The Morgan fingerprint density at radius 3 is 2.71 bits per heavy atom. The molecule has 0 amide bonds. The minimum atomic E-state index is -0.974. The summed E-state index contributed by atoms with van der Waals surface area (Å²) in [5, 5.41) is 24.1. The fourth-order valence-electron chi connectivity index (χ4n) is 4.08. The molecule has 7 nitrogen and oxygen atoms in total. The van der Waals surface area contributed by atoms with Crippen LogP contribution in [0.15, 0.2) is 36.7 Å². The second-order valence-corrected chi connectivity index (χ2v) is 9.37. The molecule has 1 aromatic carbocycles. The highest BCUT2D eigenvalue weighted by molar-refractivity contribution is 7.15. The summed E-state index contributed by atoms with van der Waals surface area (Å²) in [7, 11) is 0. The molecule has 162 valence electrons. The molecule has 0 spiro atoms. The highest BCUT2D eigenvalue weighted by Crippen LogP contribution is 2.43. The Balaban J connectivity index is 1.52. The minimum Gasteiger partial charge on any atom is -0.481 e. The molecule has 0 atom stereocenters. The molecule has 4 rings (SSSR count). The Bertz CT molecular complexity index is 1090. The Morgan fingerprint density at radius 1 is 1.23 bits per heavy atom. The van der Waals surface area contributed by atoms with Gasteiger partial charge in [-0.25, -0.2) is 15.0 Å². The fourth-order valence-corrected chi connectivity index (χ4v) is 5.13. The van der Waals surface area contributed by atoms with E-state index in [0.717, 1.165) is 27.4 Å². The second-order valence-electron chi connectivity index (χ2n) is 8.34. The van der Waals surface area contributed by atoms with Crippen LogP contribution in [0.5, 0.6) is 0 Å². The Morgan fingerprint density at radius 2 is 2.00 bits per heavy atom.